The highest BCUT2D eigenvalue weighted by atomic mass is 32.1. The fourth-order valence-corrected chi connectivity index (χ4v) is 2.58. The summed E-state index contributed by atoms with van der Waals surface area (Å²) in [5, 5.41) is 7.79. The normalized spacial score (nSPS) is 12.0. The molecule has 1 aromatic rings. The first-order valence-electron chi connectivity index (χ1n) is 6.71. The smallest absolute Gasteiger partial charge is 0.350 e. The Labute approximate surface area is 123 Å². The highest BCUT2D eigenvalue weighted by molar-refractivity contribution is 7.12. The van der Waals surface area contributed by atoms with Gasteiger partial charge >= 0.3 is 5.97 Å². The van der Waals surface area contributed by atoms with Crippen LogP contribution in [0.15, 0.2) is 5.38 Å². The van der Waals surface area contributed by atoms with E-state index < -0.39 is 5.97 Å². The Hall–Kier alpha value is -1.40. The van der Waals surface area contributed by atoms with E-state index in [0.29, 0.717) is 10.6 Å². The van der Waals surface area contributed by atoms with E-state index in [9.17, 15) is 9.59 Å². The maximum atomic E-state index is 12.1. The average molecular weight is 298 g/mol. The number of ether oxygens (including phenoxy) is 1. The third-order valence-corrected chi connectivity index (χ3v) is 4.05. The zero-order valence-electron chi connectivity index (χ0n) is 12.4. The number of rotatable bonds is 7. The van der Waals surface area contributed by atoms with Crippen LogP contribution in [0.2, 0.25) is 0 Å². The van der Waals surface area contributed by atoms with E-state index >= 15 is 0 Å². The summed E-state index contributed by atoms with van der Waals surface area (Å²) in [6.45, 7) is 6.57. The number of nitrogens with one attached hydrogen (secondary N) is 2. The van der Waals surface area contributed by atoms with Gasteiger partial charge in [0.2, 0.25) is 5.91 Å². The second-order valence-corrected chi connectivity index (χ2v) is 5.51. The Morgan fingerprint density at radius 3 is 2.75 bits per heavy atom. The summed E-state index contributed by atoms with van der Waals surface area (Å²) in [6, 6.07) is -0.300. The largest absolute Gasteiger partial charge is 0.465 e. The Morgan fingerprint density at radius 1 is 1.45 bits per heavy atom. The first kappa shape index (κ1) is 16.7. The molecule has 0 aromatic carbocycles. The molecule has 0 radical (unpaired) electrons. The number of unbranched alkanes of at least 4 members (excludes halogenated alkanes) is 1. The molecule has 0 aliphatic rings. The van der Waals surface area contributed by atoms with Crippen molar-refractivity contribution in [2.45, 2.75) is 39.7 Å². The number of esters is 1. The lowest BCUT2D eigenvalue weighted by Gasteiger charge is -2.14. The van der Waals surface area contributed by atoms with Crippen molar-refractivity contribution in [2.75, 3.05) is 19.0 Å². The minimum absolute atomic E-state index is 0.146. The maximum absolute atomic E-state index is 12.1. The number of hydrogen-bond acceptors (Lipinski definition) is 5. The molecule has 1 heterocycles. The van der Waals surface area contributed by atoms with Crippen LogP contribution in [-0.2, 0) is 9.53 Å². The van der Waals surface area contributed by atoms with Gasteiger partial charge in [-0.15, -0.1) is 11.3 Å². The van der Waals surface area contributed by atoms with Gasteiger partial charge in [-0.05, 0) is 37.8 Å². The van der Waals surface area contributed by atoms with Gasteiger partial charge < -0.3 is 15.4 Å². The van der Waals surface area contributed by atoms with Gasteiger partial charge in [-0.3, -0.25) is 4.79 Å². The van der Waals surface area contributed by atoms with Gasteiger partial charge in [-0.1, -0.05) is 13.3 Å². The third-order valence-electron chi connectivity index (χ3n) is 2.97. The fraction of sp³-hybridized carbons (Fsp3) is 0.571. The molecule has 5 nitrogen and oxygen atoms in total. The highest BCUT2D eigenvalue weighted by Crippen LogP contribution is 2.28. The number of amides is 1. The number of methoxy groups -OCH3 is 1. The molecule has 0 aliphatic heterocycles. The van der Waals surface area contributed by atoms with Crippen LogP contribution in [0.4, 0.5) is 5.69 Å². The Morgan fingerprint density at radius 2 is 2.15 bits per heavy atom. The van der Waals surface area contributed by atoms with Crippen LogP contribution in [0.1, 0.15) is 41.9 Å². The predicted molar refractivity (Wildman–Crippen MR) is 81.4 cm³/mol. The van der Waals surface area contributed by atoms with Crippen LogP contribution in [-0.4, -0.2) is 31.6 Å². The van der Waals surface area contributed by atoms with Gasteiger partial charge in [0.15, 0.2) is 0 Å². The number of carbonyl (C=O) groups excluding carboxylic acids is 2. The Kier molecular flexibility index (Phi) is 6.67. The van der Waals surface area contributed by atoms with E-state index in [-0.39, 0.29) is 11.9 Å². The highest BCUT2D eigenvalue weighted by Gasteiger charge is 2.20. The predicted octanol–water partition coefficient (Wildman–Crippen LogP) is 2.56. The fourth-order valence-electron chi connectivity index (χ4n) is 1.66. The molecule has 1 atom stereocenters. The summed E-state index contributed by atoms with van der Waals surface area (Å²) < 4.78 is 4.72. The summed E-state index contributed by atoms with van der Waals surface area (Å²) in [5.41, 5.74) is 1.42. The topological polar surface area (TPSA) is 67.4 Å². The van der Waals surface area contributed by atoms with Gasteiger partial charge in [0.1, 0.15) is 4.88 Å². The molecule has 0 saturated heterocycles. The molecule has 1 amide bonds. The quantitative estimate of drug-likeness (QED) is 0.599. The van der Waals surface area contributed by atoms with Crippen LogP contribution in [0, 0.1) is 6.92 Å². The van der Waals surface area contributed by atoms with Crippen molar-refractivity contribution < 1.29 is 14.3 Å². The molecule has 20 heavy (non-hydrogen) atoms. The van der Waals surface area contributed by atoms with E-state index in [1.165, 1.54) is 18.4 Å². The molecule has 1 aromatic heterocycles. The van der Waals surface area contributed by atoms with Crippen molar-refractivity contribution in [1.29, 1.82) is 0 Å². The first-order chi connectivity index (χ1) is 9.51. The second-order valence-electron chi connectivity index (χ2n) is 4.63. The number of carbonyl (C=O) groups is 2. The van der Waals surface area contributed by atoms with Gasteiger partial charge in [0, 0.05) is 0 Å². The SMILES string of the molecule is CCCCNC(C)C(=O)Nc1c(C)csc1C(=O)OC. The van der Waals surface area contributed by atoms with Crippen molar-refractivity contribution in [1.82, 2.24) is 5.32 Å². The van der Waals surface area contributed by atoms with Crippen molar-refractivity contribution in [3.63, 3.8) is 0 Å². The van der Waals surface area contributed by atoms with Crippen molar-refractivity contribution in [3.05, 3.63) is 15.8 Å². The molecule has 0 aliphatic carbocycles. The minimum Gasteiger partial charge on any atom is -0.465 e. The minimum atomic E-state index is -0.426. The monoisotopic (exact) mass is 298 g/mol. The lowest BCUT2D eigenvalue weighted by Crippen LogP contribution is -2.38. The van der Waals surface area contributed by atoms with Gasteiger partial charge in [0.25, 0.3) is 0 Å². The number of hydrogen-bond donors (Lipinski definition) is 2. The molecule has 0 bridgehead atoms. The van der Waals surface area contributed by atoms with Crippen molar-refractivity contribution in [3.8, 4) is 0 Å². The van der Waals surface area contributed by atoms with Crippen molar-refractivity contribution >= 4 is 28.9 Å². The maximum Gasteiger partial charge on any atom is 0.350 e. The second kappa shape index (κ2) is 8.01. The third kappa shape index (κ3) is 4.31. The molecule has 0 spiro atoms. The molecule has 112 valence electrons. The zero-order chi connectivity index (χ0) is 15.1. The van der Waals surface area contributed by atoms with Gasteiger partial charge in [-0.2, -0.15) is 0 Å². The Balaban J connectivity index is 2.70. The molecular weight excluding hydrogens is 276 g/mol. The van der Waals surface area contributed by atoms with E-state index in [1.54, 1.807) is 0 Å². The summed E-state index contributed by atoms with van der Waals surface area (Å²) in [5.74, 6) is -0.572. The van der Waals surface area contributed by atoms with Crippen LogP contribution in [0.25, 0.3) is 0 Å². The lowest BCUT2D eigenvalue weighted by molar-refractivity contribution is -0.117. The molecule has 1 unspecified atom stereocenters. The summed E-state index contributed by atoms with van der Waals surface area (Å²) in [7, 11) is 1.33. The summed E-state index contributed by atoms with van der Waals surface area (Å²) in [4.78, 5) is 24.2. The number of anilines is 1. The van der Waals surface area contributed by atoms with Crippen LogP contribution in [0.5, 0.6) is 0 Å². The van der Waals surface area contributed by atoms with Crippen molar-refractivity contribution in [2.24, 2.45) is 0 Å². The van der Waals surface area contributed by atoms with E-state index in [0.717, 1.165) is 24.9 Å². The first-order valence-corrected chi connectivity index (χ1v) is 7.59. The molecule has 6 heteroatoms. The summed E-state index contributed by atoms with van der Waals surface area (Å²) >= 11 is 1.27. The van der Waals surface area contributed by atoms with Crippen LogP contribution < -0.4 is 10.6 Å². The standard InChI is InChI=1S/C14H22N2O3S/c1-5-6-7-15-10(3)13(17)16-11-9(2)8-20-12(11)14(18)19-4/h8,10,15H,5-7H2,1-4H3,(H,16,17). The van der Waals surface area contributed by atoms with Gasteiger partial charge in [0.05, 0.1) is 18.8 Å². The van der Waals surface area contributed by atoms with E-state index in [1.807, 2.05) is 19.2 Å². The summed E-state index contributed by atoms with van der Waals surface area (Å²) in [6.07, 6.45) is 2.11. The van der Waals surface area contributed by atoms with E-state index in [2.05, 4.69) is 17.6 Å². The average Bonchev–Trinajstić information content (AvgIpc) is 2.79. The molecule has 0 saturated carbocycles. The molecule has 0 fully saturated rings. The van der Waals surface area contributed by atoms with Gasteiger partial charge in [-0.25, -0.2) is 4.79 Å². The Bertz CT molecular complexity index is 471. The molecular formula is C14H22N2O3S. The van der Waals surface area contributed by atoms with Crippen LogP contribution >= 0.6 is 11.3 Å². The van der Waals surface area contributed by atoms with E-state index in [4.69, 9.17) is 4.74 Å². The molecule has 2 N–H and O–H groups in total. The zero-order valence-corrected chi connectivity index (χ0v) is 13.2. The lowest BCUT2D eigenvalue weighted by atomic mass is 10.2. The number of aryl methyl sites for hydroxylation is 1. The number of thiophene rings is 1. The van der Waals surface area contributed by atoms with Crippen LogP contribution in [0.3, 0.4) is 0 Å². The molecule has 1 rings (SSSR count).